The molecule has 8 heteroatoms. The van der Waals surface area contributed by atoms with Gasteiger partial charge in [0.1, 0.15) is 0 Å². The van der Waals surface area contributed by atoms with Gasteiger partial charge in [-0.2, -0.15) is 0 Å². The fraction of sp³-hybridized carbons (Fsp3) is 0.308. The quantitative estimate of drug-likeness (QED) is 0.731. The largest absolute Gasteiger partial charge is 0.398 e. The van der Waals surface area contributed by atoms with Crippen LogP contribution in [0.5, 0.6) is 0 Å². The predicted octanol–water partition coefficient (Wildman–Crippen LogP) is 0.999. The number of H-pyrrole nitrogens is 1. The summed E-state index contributed by atoms with van der Waals surface area (Å²) in [6, 6.07) is 5.32. The van der Waals surface area contributed by atoms with E-state index in [1.807, 2.05) is 0 Å². The van der Waals surface area contributed by atoms with Gasteiger partial charge in [0, 0.05) is 29.2 Å². The first kappa shape index (κ1) is 13.7. The number of amides is 1. The zero-order valence-corrected chi connectivity index (χ0v) is 12.2. The summed E-state index contributed by atoms with van der Waals surface area (Å²) in [6.45, 7) is 0. The third kappa shape index (κ3) is 2.66. The van der Waals surface area contributed by atoms with Crippen molar-refractivity contribution in [3.05, 3.63) is 34.2 Å². The molecule has 21 heavy (non-hydrogen) atoms. The van der Waals surface area contributed by atoms with E-state index in [1.165, 1.54) is 11.8 Å². The SMILES string of the molecule is CNC(=O)c1ccc(Sc2n[nH]c(=O)n2C2CC2)c(N)c1. The molecule has 110 valence electrons. The van der Waals surface area contributed by atoms with Crippen LogP contribution in [0.1, 0.15) is 29.2 Å². The van der Waals surface area contributed by atoms with Gasteiger partial charge in [-0.05, 0) is 42.8 Å². The van der Waals surface area contributed by atoms with Gasteiger partial charge in [0.05, 0.1) is 0 Å². The molecule has 1 heterocycles. The average molecular weight is 305 g/mol. The lowest BCUT2D eigenvalue weighted by molar-refractivity contribution is 0.0963. The fourth-order valence-electron chi connectivity index (χ4n) is 2.04. The molecule has 0 atom stereocenters. The third-order valence-electron chi connectivity index (χ3n) is 3.28. The number of carbonyl (C=O) groups excluding carboxylic acids is 1. The van der Waals surface area contributed by atoms with Gasteiger partial charge in [0.15, 0.2) is 5.16 Å². The first-order chi connectivity index (χ1) is 10.1. The average Bonchev–Trinajstić information content (AvgIpc) is 3.24. The van der Waals surface area contributed by atoms with Crippen LogP contribution in [-0.2, 0) is 0 Å². The minimum absolute atomic E-state index is 0.187. The summed E-state index contributed by atoms with van der Waals surface area (Å²) in [5, 5.41) is 9.66. The van der Waals surface area contributed by atoms with E-state index in [-0.39, 0.29) is 17.6 Å². The summed E-state index contributed by atoms with van der Waals surface area (Å²) in [5.41, 5.74) is 6.78. The van der Waals surface area contributed by atoms with Gasteiger partial charge in [-0.3, -0.25) is 9.36 Å². The van der Waals surface area contributed by atoms with Crippen LogP contribution in [0.4, 0.5) is 5.69 Å². The first-order valence-corrected chi connectivity index (χ1v) is 7.38. The number of hydrogen-bond acceptors (Lipinski definition) is 5. The molecule has 1 aromatic carbocycles. The van der Waals surface area contributed by atoms with Gasteiger partial charge in [-0.15, -0.1) is 5.10 Å². The zero-order chi connectivity index (χ0) is 15.0. The molecule has 0 aliphatic heterocycles. The number of nitrogens with zero attached hydrogens (tertiary/aromatic N) is 2. The molecule has 1 aliphatic carbocycles. The Labute approximate surface area is 124 Å². The van der Waals surface area contributed by atoms with Crippen LogP contribution < -0.4 is 16.7 Å². The van der Waals surface area contributed by atoms with Crippen LogP contribution in [0.25, 0.3) is 0 Å². The summed E-state index contributed by atoms with van der Waals surface area (Å²) in [5.74, 6) is -0.187. The van der Waals surface area contributed by atoms with E-state index in [9.17, 15) is 9.59 Å². The Kier molecular flexibility index (Phi) is 3.46. The van der Waals surface area contributed by atoms with Crippen molar-refractivity contribution in [1.82, 2.24) is 20.1 Å². The number of nitrogens with two attached hydrogens (primary N) is 1. The number of aromatic amines is 1. The molecule has 1 saturated carbocycles. The molecule has 1 aromatic heterocycles. The smallest absolute Gasteiger partial charge is 0.344 e. The summed E-state index contributed by atoms with van der Waals surface area (Å²) in [6.07, 6.45) is 2.00. The van der Waals surface area contributed by atoms with Crippen molar-refractivity contribution in [1.29, 1.82) is 0 Å². The number of anilines is 1. The van der Waals surface area contributed by atoms with E-state index >= 15 is 0 Å². The standard InChI is InChI=1S/C13H15N5O2S/c1-15-11(19)7-2-5-10(9(14)6-7)21-13-17-16-12(20)18(13)8-3-4-8/h2,5-6,8H,3-4,14H2,1H3,(H,15,19)(H,16,20). The van der Waals surface area contributed by atoms with E-state index < -0.39 is 0 Å². The molecule has 1 fully saturated rings. The van der Waals surface area contributed by atoms with Crippen LogP contribution in [-0.4, -0.2) is 27.7 Å². The number of carbonyl (C=O) groups is 1. The summed E-state index contributed by atoms with van der Waals surface area (Å²) >= 11 is 1.32. The topological polar surface area (TPSA) is 106 Å². The Balaban J connectivity index is 1.88. The fourth-order valence-corrected chi connectivity index (χ4v) is 2.97. The maximum Gasteiger partial charge on any atom is 0.344 e. The van der Waals surface area contributed by atoms with Crippen molar-refractivity contribution in [2.75, 3.05) is 12.8 Å². The van der Waals surface area contributed by atoms with E-state index in [0.29, 0.717) is 16.4 Å². The van der Waals surface area contributed by atoms with Gasteiger partial charge in [-0.25, -0.2) is 9.89 Å². The highest BCUT2D eigenvalue weighted by Crippen LogP contribution is 2.38. The van der Waals surface area contributed by atoms with Crippen molar-refractivity contribution in [3.8, 4) is 0 Å². The number of benzene rings is 1. The van der Waals surface area contributed by atoms with Crippen molar-refractivity contribution in [3.63, 3.8) is 0 Å². The molecule has 0 bridgehead atoms. The highest BCUT2D eigenvalue weighted by Gasteiger charge is 2.28. The highest BCUT2D eigenvalue weighted by atomic mass is 32.2. The minimum Gasteiger partial charge on any atom is -0.398 e. The van der Waals surface area contributed by atoms with Crippen LogP contribution >= 0.6 is 11.8 Å². The maximum atomic E-state index is 11.7. The monoisotopic (exact) mass is 305 g/mol. The van der Waals surface area contributed by atoms with Crippen LogP contribution in [0.2, 0.25) is 0 Å². The molecule has 7 nitrogen and oxygen atoms in total. The predicted molar refractivity (Wildman–Crippen MR) is 79.5 cm³/mol. The summed E-state index contributed by atoms with van der Waals surface area (Å²) in [7, 11) is 1.57. The Morgan fingerprint density at radius 1 is 1.52 bits per heavy atom. The van der Waals surface area contributed by atoms with Gasteiger partial charge < -0.3 is 11.1 Å². The number of aromatic nitrogens is 3. The number of rotatable bonds is 4. The number of hydrogen-bond donors (Lipinski definition) is 3. The third-order valence-corrected chi connectivity index (χ3v) is 4.35. The molecule has 3 rings (SSSR count). The summed E-state index contributed by atoms with van der Waals surface area (Å²) < 4.78 is 1.66. The Bertz CT molecular complexity index is 747. The highest BCUT2D eigenvalue weighted by molar-refractivity contribution is 7.99. The van der Waals surface area contributed by atoms with Gasteiger partial charge in [0.2, 0.25) is 0 Å². The lowest BCUT2D eigenvalue weighted by Gasteiger charge is -2.08. The van der Waals surface area contributed by atoms with Crippen LogP contribution in [0.3, 0.4) is 0 Å². The first-order valence-electron chi connectivity index (χ1n) is 6.56. The molecule has 2 aromatic rings. The lowest BCUT2D eigenvalue weighted by Crippen LogP contribution is -2.18. The molecular weight excluding hydrogens is 290 g/mol. The van der Waals surface area contributed by atoms with Gasteiger partial charge in [0.25, 0.3) is 5.91 Å². The molecule has 0 unspecified atom stereocenters. The van der Waals surface area contributed by atoms with Crippen molar-refractivity contribution >= 4 is 23.4 Å². The summed E-state index contributed by atoms with van der Waals surface area (Å²) in [4.78, 5) is 24.0. The second kappa shape index (κ2) is 5.28. The second-order valence-corrected chi connectivity index (χ2v) is 5.86. The Hall–Kier alpha value is -2.22. The van der Waals surface area contributed by atoms with E-state index in [2.05, 4.69) is 15.5 Å². The number of nitrogen functional groups attached to an aromatic ring is 1. The van der Waals surface area contributed by atoms with E-state index in [0.717, 1.165) is 17.7 Å². The van der Waals surface area contributed by atoms with E-state index in [4.69, 9.17) is 5.73 Å². The molecule has 1 amide bonds. The molecule has 4 N–H and O–H groups in total. The molecule has 1 aliphatic rings. The maximum absolute atomic E-state index is 11.7. The van der Waals surface area contributed by atoms with Crippen LogP contribution in [0.15, 0.2) is 33.0 Å². The van der Waals surface area contributed by atoms with Crippen LogP contribution in [0, 0.1) is 0 Å². The van der Waals surface area contributed by atoms with E-state index in [1.54, 1.807) is 29.8 Å². The molecule has 0 saturated heterocycles. The second-order valence-electron chi connectivity index (χ2n) is 4.85. The minimum atomic E-state index is -0.194. The molecule has 0 spiro atoms. The zero-order valence-electron chi connectivity index (χ0n) is 11.4. The van der Waals surface area contributed by atoms with Gasteiger partial charge in [-0.1, -0.05) is 0 Å². The normalized spacial score (nSPS) is 14.1. The Morgan fingerprint density at radius 2 is 2.29 bits per heavy atom. The van der Waals surface area contributed by atoms with Crippen molar-refractivity contribution in [2.45, 2.75) is 28.9 Å². The molecule has 0 radical (unpaired) electrons. The lowest BCUT2D eigenvalue weighted by atomic mass is 10.2. The molecular formula is C13H15N5O2S. The van der Waals surface area contributed by atoms with Crippen molar-refractivity contribution < 1.29 is 4.79 Å². The number of nitrogens with one attached hydrogen (secondary N) is 2. The Morgan fingerprint density at radius 3 is 2.90 bits per heavy atom. The van der Waals surface area contributed by atoms with Gasteiger partial charge >= 0.3 is 5.69 Å². The van der Waals surface area contributed by atoms with Crippen molar-refractivity contribution in [2.24, 2.45) is 0 Å².